The van der Waals surface area contributed by atoms with Crippen LogP contribution in [0.15, 0.2) is 47.6 Å². The highest BCUT2D eigenvalue weighted by atomic mass is 35.5. The van der Waals surface area contributed by atoms with E-state index in [9.17, 15) is 20.4 Å². The van der Waals surface area contributed by atoms with Crippen molar-refractivity contribution in [3.05, 3.63) is 52.5 Å². The molecule has 4 rings (SSSR count). The minimum absolute atomic E-state index is 0.401. The van der Waals surface area contributed by atoms with Gasteiger partial charge in [0.2, 0.25) is 0 Å². The third-order valence-electron chi connectivity index (χ3n) is 5.37. The van der Waals surface area contributed by atoms with E-state index >= 15 is 0 Å². The molecule has 1 fully saturated rings. The number of para-hydroxylation sites is 2. The maximum Gasteiger partial charge on any atom is 0.171 e. The van der Waals surface area contributed by atoms with Crippen molar-refractivity contribution in [3.8, 4) is 5.75 Å². The molecule has 5 atom stereocenters. The fourth-order valence-corrected chi connectivity index (χ4v) is 5.26. The first kappa shape index (κ1) is 24.6. The van der Waals surface area contributed by atoms with Crippen LogP contribution >= 0.6 is 35.0 Å². The van der Waals surface area contributed by atoms with Crippen LogP contribution in [0.3, 0.4) is 0 Å². The molecule has 1 aliphatic heterocycles. The van der Waals surface area contributed by atoms with Crippen molar-refractivity contribution in [1.29, 1.82) is 0 Å². The number of halogens is 2. The predicted molar refractivity (Wildman–Crippen MR) is 126 cm³/mol. The van der Waals surface area contributed by atoms with E-state index in [1.54, 1.807) is 18.2 Å². The minimum Gasteiger partial charge on any atom is -0.492 e. The number of aromatic nitrogens is 2. The van der Waals surface area contributed by atoms with Gasteiger partial charge in [-0.1, -0.05) is 47.1 Å². The quantitative estimate of drug-likeness (QED) is 0.339. The second-order valence-electron chi connectivity index (χ2n) is 7.63. The molecule has 178 valence electrons. The molecule has 11 heteroatoms. The number of rotatable bonds is 8. The molecule has 0 bridgehead atoms. The van der Waals surface area contributed by atoms with Gasteiger partial charge in [0.25, 0.3) is 0 Å². The monoisotopic (exact) mass is 514 g/mol. The van der Waals surface area contributed by atoms with Crippen molar-refractivity contribution in [2.45, 2.75) is 48.0 Å². The summed E-state index contributed by atoms with van der Waals surface area (Å²) in [6.07, 6.45) is -4.53. The first-order chi connectivity index (χ1) is 15.9. The van der Waals surface area contributed by atoms with Gasteiger partial charge in [-0.15, -0.1) is 0 Å². The normalized spacial score (nSPS) is 25.5. The maximum absolute atomic E-state index is 10.4. The molecule has 0 saturated carbocycles. The number of aliphatic hydroxyl groups is 4. The molecule has 3 aromatic rings. The van der Waals surface area contributed by atoms with Crippen molar-refractivity contribution in [3.63, 3.8) is 0 Å². The van der Waals surface area contributed by atoms with Crippen molar-refractivity contribution < 1.29 is 29.9 Å². The number of ether oxygens (including phenoxy) is 2. The molecule has 33 heavy (non-hydrogen) atoms. The summed E-state index contributed by atoms with van der Waals surface area (Å²) in [5.41, 5.74) is 0.751. The number of nitrogens with zero attached hydrogens (tertiary/aromatic N) is 2. The van der Waals surface area contributed by atoms with Crippen LogP contribution in [0.1, 0.15) is 6.42 Å². The lowest BCUT2D eigenvalue weighted by molar-refractivity contribution is -0.205. The highest BCUT2D eigenvalue weighted by Crippen LogP contribution is 2.35. The van der Waals surface area contributed by atoms with Gasteiger partial charge in [0, 0.05) is 11.6 Å². The van der Waals surface area contributed by atoms with Crippen LogP contribution in [-0.2, 0) is 11.3 Å². The van der Waals surface area contributed by atoms with E-state index in [0.717, 1.165) is 22.8 Å². The summed E-state index contributed by atoms with van der Waals surface area (Å²) in [5, 5.41) is 41.6. The molecular formula is C22H24Cl2N2O6S. The molecule has 2 aromatic carbocycles. The van der Waals surface area contributed by atoms with E-state index in [4.69, 9.17) is 32.7 Å². The Morgan fingerprint density at radius 2 is 1.85 bits per heavy atom. The minimum atomic E-state index is -1.44. The highest BCUT2D eigenvalue weighted by Gasteiger charge is 2.44. The third-order valence-corrected chi connectivity index (χ3v) is 7.04. The molecule has 5 unspecified atom stereocenters. The number of thioether (sulfide) groups is 1. The average Bonchev–Trinajstić information content (AvgIpc) is 3.15. The van der Waals surface area contributed by atoms with Gasteiger partial charge in [0.1, 0.15) is 35.6 Å². The molecule has 4 N–H and O–H groups in total. The van der Waals surface area contributed by atoms with Crippen molar-refractivity contribution >= 4 is 46.0 Å². The number of benzene rings is 2. The van der Waals surface area contributed by atoms with Crippen LogP contribution < -0.4 is 4.74 Å². The Kier molecular flexibility index (Phi) is 8.03. The second-order valence-corrected chi connectivity index (χ2v) is 9.54. The number of aliphatic hydroxyl groups excluding tert-OH is 4. The number of aryl methyl sites for hydroxylation is 1. The van der Waals surface area contributed by atoms with E-state index in [1.807, 2.05) is 28.8 Å². The van der Waals surface area contributed by atoms with Gasteiger partial charge in [-0.05, 0) is 36.8 Å². The van der Waals surface area contributed by atoms with Crippen molar-refractivity contribution in [1.82, 2.24) is 9.55 Å². The van der Waals surface area contributed by atoms with Crippen molar-refractivity contribution in [2.75, 3.05) is 13.2 Å². The molecule has 1 saturated heterocycles. The molecule has 2 heterocycles. The summed E-state index contributed by atoms with van der Waals surface area (Å²) in [6, 6.07) is 12.7. The van der Waals surface area contributed by atoms with E-state index in [1.165, 1.54) is 0 Å². The Morgan fingerprint density at radius 3 is 2.61 bits per heavy atom. The first-order valence-corrected chi connectivity index (χ1v) is 12.0. The van der Waals surface area contributed by atoms with Crippen LogP contribution in [0, 0.1) is 0 Å². The smallest absolute Gasteiger partial charge is 0.171 e. The molecule has 1 aromatic heterocycles. The number of hydrogen-bond acceptors (Lipinski definition) is 8. The zero-order valence-electron chi connectivity index (χ0n) is 17.4. The lowest BCUT2D eigenvalue weighted by Crippen LogP contribution is -2.57. The van der Waals surface area contributed by atoms with E-state index in [0.29, 0.717) is 40.5 Å². The molecule has 1 aliphatic rings. The van der Waals surface area contributed by atoms with E-state index < -0.39 is 36.5 Å². The van der Waals surface area contributed by atoms with Crippen LogP contribution in [0.25, 0.3) is 11.0 Å². The van der Waals surface area contributed by atoms with E-state index in [-0.39, 0.29) is 0 Å². The van der Waals surface area contributed by atoms with Crippen LogP contribution in [0.5, 0.6) is 5.75 Å². The summed E-state index contributed by atoms with van der Waals surface area (Å²) in [5.74, 6) is 0.549. The maximum atomic E-state index is 10.4. The summed E-state index contributed by atoms with van der Waals surface area (Å²) >= 11 is 13.2. The first-order valence-electron chi connectivity index (χ1n) is 10.4. The van der Waals surface area contributed by atoms with Gasteiger partial charge in [-0.2, -0.15) is 0 Å². The van der Waals surface area contributed by atoms with Gasteiger partial charge >= 0.3 is 0 Å². The average molecular weight is 515 g/mol. The Bertz CT molecular complexity index is 1100. The van der Waals surface area contributed by atoms with Crippen LogP contribution in [-0.4, -0.2) is 73.0 Å². The van der Waals surface area contributed by atoms with Crippen molar-refractivity contribution in [2.24, 2.45) is 0 Å². The Hall–Kier alpha value is -1.56. The molecule has 0 amide bonds. The summed E-state index contributed by atoms with van der Waals surface area (Å²) < 4.78 is 13.4. The van der Waals surface area contributed by atoms with Gasteiger partial charge in [-0.3, -0.25) is 0 Å². The molecule has 0 aliphatic carbocycles. The Morgan fingerprint density at radius 1 is 1.06 bits per heavy atom. The zero-order chi connectivity index (χ0) is 23.5. The largest absolute Gasteiger partial charge is 0.492 e. The predicted octanol–water partition coefficient (Wildman–Crippen LogP) is 2.70. The summed E-state index contributed by atoms with van der Waals surface area (Å²) in [4.78, 5) is 4.65. The SMILES string of the molecule is OCC1OC(Sc2nc3ccccc3n2CCCOc2ccc(Cl)cc2Cl)C(O)C(O)C1O. The fourth-order valence-electron chi connectivity index (χ4n) is 3.63. The lowest BCUT2D eigenvalue weighted by Gasteiger charge is -2.39. The van der Waals surface area contributed by atoms with Gasteiger partial charge in [0.05, 0.1) is 29.3 Å². The lowest BCUT2D eigenvalue weighted by atomic mass is 10.0. The van der Waals surface area contributed by atoms with Crippen LogP contribution in [0.2, 0.25) is 10.0 Å². The van der Waals surface area contributed by atoms with Gasteiger partial charge < -0.3 is 34.5 Å². The summed E-state index contributed by atoms with van der Waals surface area (Å²) in [7, 11) is 0. The number of fused-ring (bicyclic) bond motifs is 1. The van der Waals surface area contributed by atoms with Gasteiger partial charge in [0.15, 0.2) is 5.16 Å². The molecule has 0 spiro atoms. The third kappa shape index (κ3) is 5.41. The molecular weight excluding hydrogens is 491 g/mol. The van der Waals surface area contributed by atoms with Crippen LogP contribution in [0.4, 0.5) is 0 Å². The summed E-state index contributed by atoms with van der Waals surface area (Å²) in [6.45, 7) is 0.479. The van der Waals surface area contributed by atoms with Gasteiger partial charge in [-0.25, -0.2) is 4.98 Å². The Balaban J connectivity index is 1.48. The molecule has 0 radical (unpaired) electrons. The fraction of sp³-hybridized carbons (Fsp3) is 0.409. The number of hydrogen-bond donors (Lipinski definition) is 4. The number of imidazole rings is 1. The Labute approximate surface area is 204 Å². The highest BCUT2D eigenvalue weighted by molar-refractivity contribution is 7.99. The standard InChI is InChI=1S/C22H24Cl2N2O6S/c23-12-6-7-16(13(24)10-12)31-9-3-8-26-15-5-2-1-4-14(15)25-22(26)33-21-20(30)19(29)18(28)17(11-27)32-21/h1-2,4-7,10,17-21,27-30H,3,8-9,11H2. The zero-order valence-corrected chi connectivity index (χ0v) is 19.7. The second kappa shape index (κ2) is 10.8. The topological polar surface area (TPSA) is 117 Å². The van der Waals surface area contributed by atoms with E-state index in [2.05, 4.69) is 4.98 Å². The molecule has 8 nitrogen and oxygen atoms in total.